The minimum Gasteiger partial charge on any atom is -0.490 e. The highest BCUT2D eigenvalue weighted by molar-refractivity contribution is 6.32. The van der Waals surface area contributed by atoms with Crippen LogP contribution in [0.4, 0.5) is 11.4 Å². The number of halogens is 1. The molecule has 8 heteroatoms. The van der Waals surface area contributed by atoms with Gasteiger partial charge in [0.1, 0.15) is 0 Å². The number of anilines is 2. The van der Waals surface area contributed by atoms with Gasteiger partial charge < -0.3 is 25.2 Å². The molecule has 0 bridgehead atoms. The maximum Gasteiger partial charge on any atom is 0.335 e. The number of carbonyl (C=O) groups excluding carboxylic acids is 1. The molecule has 3 rings (SSSR count). The van der Waals surface area contributed by atoms with E-state index in [9.17, 15) is 9.59 Å². The first-order valence-electron chi connectivity index (χ1n) is 10.4. The molecule has 0 fully saturated rings. The first-order chi connectivity index (χ1) is 15.9. The number of hydrogen-bond donors (Lipinski definition) is 3. The smallest absolute Gasteiger partial charge is 0.335 e. The van der Waals surface area contributed by atoms with E-state index in [1.165, 1.54) is 12.1 Å². The predicted molar refractivity (Wildman–Crippen MR) is 129 cm³/mol. The summed E-state index contributed by atoms with van der Waals surface area (Å²) in [6.45, 7) is 4.42. The molecule has 0 saturated heterocycles. The van der Waals surface area contributed by atoms with Crippen molar-refractivity contribution in [2.75, 3.05) is 23.8 Å². The number of hydrogen-bond acceptors (Lipinski definition) is 5. The fourth-order valence-corrected chi connectivity index (χ4v) is 3.32. The largest absolute Gasteiger partial charge is 0.490 e. The van der Waals surface area contributed by atoms with Crippen LogP contribution in [0.3, 0.4) is 0 Å². The third-order valence-electron chi connectivity index (χ3n) is 4.68. The number of rotatable bonds is 10. The highest BCUT2D eigenvalue weighted by Gasteiger charge is 2.15. The average Bonchev–Trinajstić information content (AvgIpc) is 2.79. The lowest BCUT2D eigenvalue weighted by molar-refractivity contribution is -0.118. The monoisotopic (exact) mass is 468 g/mol. The fourth-order valence-electron chi connectivity index (χ4n) is 3.03. The lowest BCUT2D eigenvalue weighted by Crippen LogP contribution is -2.20. The summed E-state index contributed by atoms with van der Waals surface area (Å²) in [7, 11) is 0. The van der Waals surface area contributed by atoms with Crippen LogP contribution in [0.25, 0.3) is 0 Å². The van der Waals surface area contributed by atoms with Gasteiger partial charge in [0.15, 0.2) is 18.1 Å². The number of carboxylic acid groups (broad SMARTS) is 1. The molecular formula is C25H25ClN2O5. The van der Waals surface area contributed by atoms with Gasteiger partial charge in [-0.15, -0.1) is 0 Å². The topological polar surface area (TPSA) is 96.9 Å². The number of nitrogens with one attached hydrogen (secondary N) is 2. The number of benzene rings is 3. The number of ether oxygens (including phenoxy) is 2. The quantitative estimate of drug-likeness (QED) is 0.370. The Morgan fingerprint density at radius 1 is 0.970 bits per heavy atom. The molecule has 0 saturated carbocycles. The summed E-state index contributed by atoms with van der Waals surface area (Å²) in [5.74, 6) is -0.552. The van der Waals surface area contributed by atoms with E-state index in [0.717, 1.165) is 16.8 Å². The molecule has 0 aliphatic carbocycles. The summed E-state index contributed by atoms with van der Waals surface area (Å²) in [6, 6.07) is 17.4. The first kappa shape index (κ1) is 23.9. The number of amides is 1. The van der Waals surface area contributed by atoms with E-state index in [2.05, 4.69) is 10.6 Å². The van der Waals surface area contributed by atoms with Crippen molar-refractivity contribution < 1.29 is 24.2 Å². The Hall–Kier alpha value is -3.71. The maximum absolute atomic E-state index is 12.3. The lowest BCUT2D eigenvalue weighted by atomic mass is 10.1. The normalized spacial score (nSPS) is 10.4. The number of aromatic carboxylic acids is 1. The lowest BCUT2D eigenvalue weighted by Gasteiger charge is -2.16. The molecule has 0 atom stereocenters. The summed E-state index contributed by atoms with van der Waals surface area (Å²) in [5.41, 5.74) is 3.60. The van der Waals surface area contributed by atoms with Crippen LogP contribution in [0.1, 0.15) is 28.4 Å². The Balaban J connectivity index is 1.65. The second-order valence-corrected chi connectivity index (χ2v) is 7.68. The summed E-state index contributed by atoms with van der Waals surface area (Å²) in [6.07, 6.45) is 0. The van der Waals surface area contributed by atoms with Gasteiger partial charge in [-0.05, 0) is 67.9 Å². The zero-order valence-corrected chi connectivity index (χ0v) is 19.1. The molecule has 33 heavy (non-hydrogen) atoms. The molecule has 0 aromatic heterocycles. The van der Waals surface area contributed by atoms with Gasteiger partial charge in [-0.2, -0.15) is 0 Å². The molecule has 0 aliphatic rings. The molecule has 1 amide bonds. The van der Waals surface area contributed by atoms with Crippen LogP contribution >= 0.6 is 11.6 Å². The van der Waals surface area contributed by atoms with Gasteiger partial charge in [0.2, 0.25) is 0 Å². The van der Waals surface area contributed by atoms with Gasteiger partial charge in [-0.25, -0.2) is 4.79 Å². The van der Waals surface area contributed by atoms with Gasteiger partial charge in [0.05, 0.1) is 17.2 Å². The van der Waals surface area contributed by atoms with Gasteiger partial charge in [-0.1, -0.05) is 29.3 Å². The van der Waals surface area contributed by atoms with Crippen molar-refractivity contribution in [2.45, 2.75) is 20.4 Å². The van der Waals surface area contributed by atoms with Crippen molar-refractivity contribution in [3.8, 4) is 11.5 Å². The van der Waals surface area contributed by atoms with Gasteiger partial charge in [-0.3, -0.25) is 4.79 Å². The molecule has 0 aliphatic heterocycles. The van der Waals surface area contributed by atoms with E-state index in [1.807, 2.05) is 38.1 Å². The summed E-state index contributed by atoms with van der Waals surface area (Å²) in [5, 5.41) is 15.3. The summed E-state index contributed by atoms with van der Waals surface area (Å²) in [4.78, 5) is 23.2. The van der Waals surface area contributed by atoms with Crippen molar-refractivity contribution in [3.05, 3.63) is 82.4 Å². The van der Waals surface area contributed by atoms with Crippen molar-refractivity contribution in [2.24, 2.45) is 0 Å². The van der Waals surface area contributed by atoms with E-state index in [0.29, 0.717) is 35.4 Å². The molecule has 0 heterocycles. The Labute approximate surface area is 197 Å². The zero-order chi connectivity index (χ0) is 23.8. The minimum atomic E-state index is -0.974. The van der Waals surface area contributed by atoms with Crippen LogP contribution in [0, 0.1) is 6.92 Å². The van der Waals surface area contributed by atoms with Crippen LogP contribution in [-0.2, 0) is 11.3 Å². The molecule has 172 valence electrons. The highest BCUT2D eigenvalue weighted by atomic mass is 35.5. The molecule has 3 aromatic rings. The summed E-state index contributed by atoms with van der Waals surface area (Å²) >= 11 is 6.44. The highest BCUT2D eigenvalue weighted by Crippen LogP contribution is 2.37. The molecule has 3 aromatic carbocycles. The number of carboxylic acids is 1. The summed E-state index contributed by atoms with van der Waals surface area (Å²) < 4.78 is 11.4. The van der Waals surface area contributed by atoms with Crippen LogP contribution in [-0.4, -0.2) is 30.2 Å². The zero-order valence-electron chi connectivity index (χ0n) is 18.4. The number of carbonyl (C=O) groups is 2. The Morgan fingerprint density at radius 2 is 1.64 bits per heavy atom. The van der Waals surface area contributed by atoms with E-state index < -0.39 is 5.97 Å². The second kappa shape index (κ2) is 11.2. The standard InChI is InChI=1S/C25H25ClN2O5/c1-3-32-22-13-17(14-27-19-10-6-18(7-11-19)25(30)31)12-21(26)24(22)33-15-23(29)28-20-8-4-16(2)5-9-20/h4-13,27H,3,14-15H2,1-2H3,(H,28,29)(H,30,31). The third kappa shape index (κ3) is 6.89. The SMILES string of the molecule is CCOc1cc(CNc2ccc(C(=O)O)cc2)cc(Cl)c1OCC(=O)Nc1ccc(C)cc1. The molecule has 0 radical (unpaired) electrons. The van der Waals surface area contributed by atoms with Crippen LogP contribution < -0.4 is 20.1 Å². The molecule has 3 N–H and O–H groups in total. The first-order valence-corrected chi connectivity index (χ1v) is 10.7. The maximum atomic E-state index is 12.3. The van der Waals surface area contributed by atoms with Gasteiger partial charge >= 0.3 is 5.97 Å². The Kier molecular flexibility index (Phi) is 8.16. The molecule has 7 nitrogen and oxygen atoms in total. The second-order valence-electron chi connectivity index (χ2n) is 7.28. The van der Waals surface area contributed by atoms with Gasteiger partial charge in [0, 0.05) is 17.9 Å². The van der Waals surface area contributed by atoms with E-state index in [4.69, 9.17) is 26.2 Å². The van der Waals surface area contributed by atoms with E-state index >= 15 is 0 Å². The van der Waals surface area contributed by atoms with Crippen LogP contribution in [0.2, 0.25) is 5.02 Å². The number of aryl methyl sites for hydroxylation is 1. The molecule has 0 unspecified atom stereocenters. The Bertz CT molecular complexity index is 1110. The predicted octanol–water partition coefficient (Wildman–Crippen LogP) is 5.37. The molecular weight excluding hydrogens is 444 g/mol. The van der Waals surface area contributed by atoms with E-state index in [-0.39, 0.29) is 18.1 Å². The van der Waals surface area contributed by atoms with Crippen molar-refractivity contribution in [1.29, 1.82) is 0 Å². The minimum absolute atomic E-state index is 0.218. The average molecular weight is 469 g/mol. The fraction of sp³-hybridized carbons (Fsp3) is 0.200. The van der Waals surface area contributed by atoms with Gasteiger partial charge in [0.25, 0.3) is 5.91 Å². The van der Waals surface area contributed by atoms with Crippen LogP contribution in [0.5, 0.6) is 11.5 Å². The molecule has 0 spiro atoms. The van der Waals surface area contributed by atoms with E-state index in [1.54, 1.807) is 24.3 Å². The van der Waals surface area contributed by atoms with Crippen LogP contribution in [0.15, 0.2) is 60.7 Å². The van der Waals surface area contributed by atoms with Crippen molar-refractivity contribution >= 4 is 34.9 Å². The third-order valence-corrected chi connectivity index (χ3v) is 4.96. The Morgan fingerprint density at radius 3 is 2.27 bits per heavy atom. The van der Waals surface area contributed by atoms with Crippen molar-refractivity contribution in [1.82, 2.24) is 0 Å². The van der Waals surface area contributed by atoms with Crippen molar-refractivity contribution in [3.63, 3.8) is 0 Å².